The highest BCUT2D eigenvalue weighted by Gasteiger charge is 2.50. The molecule has 2 aliphatic rings. The lowest BCUT2D eigenvalue weighted by molar-refractivity contribution is 0.0517. The molecule has 2 fully saturated rings. The second-order valence-electron chi connectivity index (χ2n) is 5.86. The number of rotatable bonds is 4. The lowest BCUT2D eigenvalue weighted by Gasteiger charge is -2.49. The molecule has 112 valence electrons. The number of hydrogen-bond acceptors (Lipinski definition) is 5. The molecule has 0 aromatic rings. The smallest absolute Gasteiger partial charge is 0.164 e. The molecule has 19 heavy (non-hydrogen) atoms. The fourth-order valence-electron chi connectivity index (χ4n) is 3.92. The first-order chi connectivity index (χ1) is 8.95. The summed E-state index contributed by atoms with van der Waals surface area (Å²) in [4.78, 5) is 2.25. The molecular weight excluding hydrogens is 280 g/mol. The van der Waals surface area contributed by atoms with Crippen molar-refractivity contribution in [2.75, 3.05) is 30.9 Å². The molecule has 0 bridgehead atoms. The van der Waals surface area contributed by atoms with Crippen molar-refractivity contribution < 1.29 is 8.42 Å². The van der Waals surface area contributed by atoms with Crippen molar-refractivity contribution in [3.63, 3.8) is 0 Å². The Balaban J connectivity index is 2.34. The SMILES string of the molecule is CCC1CCCC1(CN)N1CCSCC1S(C)(=O)=O. The highest BCUT2D eigenvalue weighted by molar-refractivity contribution is 8.00. The summed E-state index contributed by atoms with van der Waals surface area (Å²) in [5, 5.41) is -0.345. The van der Waals surface area contributed by atoms with Crippen molar-refractivity contribution in [3.8, 4) is 0 Å². The molecule has 0 amide bonds. The molecule has 2 N–H and O–H groups in total. The number of thioether (sulfide) groups is 1. The minimum atomic E-state index is -3.04. The van der Waals surface area contributed by atoms with E-state index in [4.69, 9.17) is 5.73 Å². The van der Waals surface area contributed by atoms with Crippen molar-refractivity contribution in [1.82, 2.24) is 4.90 Å². The van der Waals surface area contributed by atoms with Gasteiger partial charge in [-0.05, 0) is 18.8 Å². The summed E-state index contributed by atoms with van der Waals surface area (Å²) in [5.41, 5.74) is 6.05. The van der Waals surface area contributed by atoms with Gasteiger partial charge >= 0.3 is 0 Å². The Morgan fingerprint density at radius 2 is 2.21 bits per heavy atom. The van der Waals surface area contributed by atoms with E-state index >= 15 is 0 Å². The lowest BCUT2D eigenvalue weighted by Crippen LogP contribution is -2.63. The first-order valence-corrected chi connectivity index (χ1v) is 10.3. The standard InChI is InChI=1S/C13H26N2O2S2/c1-3-11-5-4-6-13(11,10-14)15-7-8-18-9-12(15)19(2,16)17/h11-12H,3-10,14H2,1-2H3. The number of nitrogens with two attached hydrogens (primary N) is 1. The Labute approximate surface area is 121 Å². The zero-order valence-corrected chi connectivity index (χ0v) is 13.6. The van der Waals surface area contributed by atoms with Crippen LogP contribution in [0.25, 0.3) is 0 Å². The monoisotopic (exact) mass is 306 g/mol. The summed E-state index contributed by atoms with van der Waals surface area (Å²) >= 11 is 1.75. The van der Waals surface area contributed by atoms with E-state index in [1.165, 1.54) is 19.1 Å². The van der Waals surface area contributed by atoms with Gasteiger partial charge in [0.2, 0.25) is 0 Å². The van der Waals surface area contributed by atoms with Crippen LogP contribution in [0.5, 0.6) is 0 Å². The topological polar surface area (TPSA) is 63.4 Å². The van der Waals surface area contributed by atoms with Crippen LogP contribution >= 0.6 is 11.8 Å². The minimum absolute atomic E-state index is 0.0799. The predicted molar refractivity (Wildman–Crippen MR) is 82.1 cm³/mol. The van der Waals surface area contributed by atoms with Gasteiger partial charge in [0.05, 0.1) is 0 Å². The van der Waals surface area contributed by atoms with Crippen LogP contribution in [0.1, 0.15) is 32.6 Å². The maximum atomic E-state index is 12.1. The average molecular weight is 306 g/mol. The number of nitrogens with zero attached hydrogens (tertiary/aromatic N) is 1. The van der Waals surface area contributed by atoms with E-state index in [-0.39, 0.29) is 10.9 Å². The van der Waals surface area contributed by atoms with Gasteiger partial charge < -0.3 is 5.73 Å². The van der Waals surface area contributed by atoms with Gasteiger partial charge in [0.25, 0.3) is 0 Å². The Kier molecular flexibility index (Phi) is 4.86. The molecule has 0 aromatic heterocycles. The second kappa shape index (κ2) is 5.92. The molecule has 6 heteroatoms. The summed E-state index contributed by atoms with van der Waals surface area (Å²) in [5.74, 6) is 2.26. The zero-order chi connectivity index (χ0) is 14.1. The highest BCUT2D eigenvalue weighted by Crippen LogP contribution is 2.44. The number of sulfone groups is 1. The molecule has 2 rings (SSSR count). The van der Waals surface area contributed by atoms with E-state index in [0.29, 0.717) is 18.2 Å². The van der Waals surface area contributed by atoms with Gasteiger partial charge in [0, 0.05) is 36.4 Å². The molecule has 3 atom stereocenters. The lowest BCUT2D eigenvalue weighted by atomic mass is 9.83. The predicted octanol–water partition coefficient (Wildman–Crippen LogP) is 1.31. The third kappa shape index (κ3) is 2.82. The van der Waals surface area contributed by atoms with Gasteiger partial charge in [-0.15, -0.1) is 0 Å². The Bertz CT molecular complexity index is 413. The normalized spacial score (nSPS) is 37.6. The van der Waals surface area contributed by atoms with Gasteiger partial charge in [-0.2, -0.15) is 11.8 Å². The van der Waals surface area contributed by atoms with E-state index in [0.717, 1.165) is 25.1 Å². The molecule has 0 aromatic carbocycles. The molecule has 1 heterocycles. The van der Waals surface area contributed by atoms with Crippen LogP contribution in [-0.2, 0) is 9.84 Å². The molecule has 3 unspecified atom stereocenters. The minimum Gasteiger partial charge on any atom is -0.329 e. The molecule has 1 aliphatic carbocycles. The Morgan fingerprint density at radius 3 is 2.79 bits per heavy atom. The van der Waals surface area contributed by atoms with Crippen LogP contribution in [0, 0.1) is 5.92 Å². The van der Waals surface area contributed by atoms with Gasteiger partial charge in [0.1, 0.15) is 5.37 Å². The van der Waals surface area contributed by atoms with E-state index in [9.17, 15) is 8.42 Å². The quantitative estimate of drug-likeness (QED) is 0.848. The average Bonchev–Trinajstić information content (AvgIpc) is 2.81. The number of hydrogen-bond donors (Lipinski definition) is 1. The van der Waals surface area contributed by atoms with Gasteiger partial charge in [-0.1, -0.05) is 19.8 Å². The van der Waals surface area contributed by atoms with E-state index in [1.54, 1.807) is 11.8 Å². The fourth-order valence-corrected chi connectivity index (χ4v) is 6.85. The third-order valence-corrected chi connectivity index (χ3v) is 7.56. The van der Waals surface area contributed by atoms with Crippen molar-refractivity contribution in [2.24, 2.45) is 11.7 Å². The van der Waals surface area contributed by atoms with E-state index in [1.807, 2.05) is 0 Å². The summed E-state index contributed by atoms with van der Waals surface area (Å²) in [6.45, 7) is 3.65. The molecule has 1 aliphatic heterocycles. The summed E-state index contributed by atoms with van der Waals surface area (Å²) in [7, 11) is -3.04. The Hall–Kier alpha value is 0.220. The van der Waals surface area contributed by atoms with Gasteiger partial charge in [-0.25, -0.2) is 8.42 Å². The molecule has 0 spiro atoms. The van der Waals surface area contributed by atoms with E-state index < -0.39 is 9.84 Å². The van der Waals surface area contributed by atoms with Gasteiger partial charge in [0.15, 0.2) is 9.84 Å². The first kappa shape index (κ1) is 15.6. The third-order valence-electron chi connectivity index (χ3n) is 4.92. The fraction of sp³-hybridized carbons (Fsp3) is 1.00. The van der Waals surface area contributed by atoms with E-state index in [2.05, 4.69) is 11.8 Å². The van der Waals surface area contributed by atoms with Crippen molar-refractivity contribution in [1.29, 1.82) is 0 Å². The Morgan fingerprint density at radius 1 is 1.47 bits per heavy atom. The summed E-state index contributed by atoms with van der Waals surface area (Å²) < 4.78 is 24.2. The molecule has 1 saturated heterocycles. The maximum absolute atomic E-state index is 12.1. The summed E-state index contributed by atoms with van der Waals surface area (Å²) in [6.07, 6.45) is 5.89. The van der Waals surface area contributed by atoms with Crippen LogP contribution in [0.15, 0.2) is 0 Å². The molecular formula is C13H26N2O2S2. The highest BCUT2D eigenvalue weighted by atomic mass is 32.2. The van der Waals surface area contributed by atoms with Crippen molar-refractivity contribution in [3.05, 3.63) is 0 Å². The van der Waals surface area contributed by atoms with Crippen LogP contribution in [0.2, 0.25) is 0 Å². The van der Waals surface area contributed by atoms with Crippen molar-refractivity contribution in [2.45, 2.75) is 43.5 Å². The van der Waals surface area contributed by atoms with Crippen LogP contribution in [0.3, 0.4) is 0 Å². The van der Waals surface area contributed by atoms with Crippen LogP contribution in [-0.4, -0.2) is 55.1 Å². The van der Waals surface area contributed by atoms with Gasteiger partial charge in [-0.3, -0.25) is 4.90 Å². The molecule has 4 nitrogen and oxygen atoms in total. The zero-order valence-electron chi connectivity index (χ0n) is 12.0. The van der Waals surface area contributed by atoms with Crippen molar-refractivity contribution >= 4 is 21.6 Å². The van der Waals surface area contributed by atoms with Crippen LogP contribution in [0.4, 0.5) is 0 Å². The largest absolute Gasteiger partial charge is 0.329 e. The summed E-state index contributed by atoms with van der Waals surface area (Å²) in [6, 6.07) is 0. The second-order valence-corrected chi connectivity index (χ2v) is 9.21. The maximum Gasteiger partial charge on any atom is 0.164 e. The molecule has 1 saturated carbocycles. The van der Waals surface area contributed by atoms with Crippen LogP contribution < -0.4 is 5.73 Å². The first-order valence-electron chi connectivity index (χ1n) is 7.19. The molecule has 0 radical (unpaired) electrons.